The van der Waals surface area contributed by atoms with Crippen molar-refractivity contribution in [1.29, 1.82) is 0 Å². The summed E-state index contributed by atoms with van der Waals surface area (Å²) in [5.41, 5.74) is 0.267. The number of rotatable bonds is 4. The van der Waals surface area contributed by atoms with Gasteiger partial charge in [-0.05, 0) is 30.9 Å². The number of hydrogen-bond donors (Lipinski definition) is 0. The van der Waals surface area contributed by atoms with Gasteiger partial charge in [0, 0.05) is 19.8 Å². The standard InChI is InChI=1S/C13H17NO3S/c1-14(9-10-7-8-10)13(15)11-5-3-4-6-12(11)18(2,16)17/h3-6,10H,7-9H2,1-2H3. The van der Waals surface area contributed by atoms with E-state index in [1.807, 2.05) is 0 Å². The Morgan fingerprint density at radius 1 is 1.33 bits per heavy atom. The summed E-state index contributed by atoms with van der Waals surface area (Å²) in [6, 6.07) is 6.37. The average molecular weight is 267 g/mol. The van der Waals surface area contributed by atoms with Gasteiger partial charge in [-0.25, -0.2) is 8.42 Å². The molecule has 0 spiro atoms. The second-order valence-electron chi connectivity index (χ2n) is 4.90. The lowest BCUT2D eigenvalue weighted by molar-refractivity contribution is 0.0785. The van der Waals surface area contributed by atoms with E-state index in [-0.39, 0.29) is 16.4 Å². The Balaban J connectivity index is 2.29. The van der Waals surface area contributed by atoms with E-state index in [0.717, 1.165) is 19.1 Å². The highest BCUT2D eigenvalue weighted by Crippen LogP contribution is 2.30. The van der Waals surface area contributed by atoms with Crippen LogP contribution in [-0.4, -0.2) is 39.1 Å². The minimum absolute atomic E-state index is 0.109. The molecular weight excluding hydrogens is 250 g/mol. The van der Waals surface area contributed by atoms with E-state index in [2.05, 4.69) is 0 Å². The second-order valence-corrected chi connectivity index (χ2v) is 6.88. The van der Waals surface area contributed by atoms with Crippen LogP contribution in [0.1, 0.15) is 23.2 Å². The highest BCUT2D eigenvalue weighted by Gasteiger charge is 2.27. The van der Waals surface area contributed by atoms with Crippen molar-refractivity contribution in [3.05, 3.63) is 29.8 Å². The van der Waals surface area contributed by atoms with Gasteiger partial charge in [0.25, 0.3) is 5.91 Å². The first-order valence-electron chi connectivity index (χ1n) is 5.94. The minimum atomic E-state index is -3.37. The summed E-state index contributed by atoms with van der Waals surface area (Å²) in [7, 11) is -1.65. The zero-order chi connectivity index (χ0) is 13.3. The molecule has 1 aromatic rings. The molecule has 0 atom stereocenters. The van der Waals surface area contributed by atoms with Gasteiger partial charge < -0.3 is 4.90 Å². The average Bonchev–Trinajstić information content (AvgIpc) is 3.11. The molecule has 1 aliphatic carbocycles. The van der Waals surface area contributed by atoms with Crippen LogP contribution in [-0.2, 0) is 9.84 Å². The first-order valence-corrected chi connectivity index (χ1v) is 7.83. The summed E-state index contributed by atoms with van der Waals surface area (Å²) in [5, 5.41) is 0. The lowest BCUT2D eigenvalue weighted by atomic mass is 10.2. The molecule has 0 aliphatic heterocycles. The fourth-order valence-electron chi connectivity index (χ4n) is 1.94. The van der Waals surface area contributed by atoms with E-state index in [4.69, 9.17) is 0 Å². The van der Waals surface area contributed by atoms with Gasteiger partial charge in [-0.15, -0.1) is 0 Å². The molecule has 1 amide bonds. The third-order valence-electron chi connectivity index (χ3n) is 3.09. The van der Waals surface area contributed by atoms with Crippen LogP contribution >= 0.6 is 0 Å². The molecule has 1 aliphatic rings. The predicted molar refractivity (Wildman–Crippen MR) is 69.2 cm³/mol. The van der Waals surface area contributed by atoms with Gasteiger partial charge in [0.05, 0.1) is 10.5 Å². The normalized spacial score (nSPS) is 15.4. The first-order chi connectivity index (χ1) is 8.39. The summed E-state index contributed by atoms with van der Waals surface area (Å²) in [6.45, 7) is 0.705. The van der Waals surface area contributed by atoms with Gasteiger partial charge in [0.1, 0.15) is 0 Å². The van der Waals surface area contributed by atoms with Crippen LogP contribution in [0.25, 0.3) is 0 Å². The van der Waals surface area contributed by atoms with Crippen molar-refractivity contribution >= 4 is 15.7 Å². The smallest absolute Gasteiger partial charge is 0.254 e. The molecule has 1 fully saturated rings. The number of sulfone groups is 1. The molecule has 0 saturated heterocycles. The summed E-state index contributed by atoms with van der Waals surface area (Å²) in [5.74, 6) is 0.368. The molecule has 1 aromatic carbocycles. The van der Waals surface area contributed by atoms with E-state index >= 15 is 0 Å². The van der Waals surface area contributed by atoms with Crippen LogP contribution in [0.2, 0.25) is 0 Å². The molecule has 5 heteroatoms. The van der Waals surface area contributed by atoms with Gasteiger partial charge in [-0.1, -0.05) is 12.1 Å². The van der Waals surface area contributed by atoms with Crippen molar-refractivity contribution < 1.29 is 13.2 Å². The predicted octanol–water partition coefficient (Wildman–Crippen LogP) is 1.57. The van der Waals surface area contributed by atoms with Crippen molar-refractivity contribution in [3.63, 3.8) is 0 Å². The molecular formula is C13H17NO3S. The Morgan fingerprint density at radius 2 is 1.94 bits per heavy atom. The maximum Gasteiger partial charge on any atom is 0.254 e. The fourth-order valence-corrected chi connectivity index (χ4v) is 2.82. The molecule has 1 saturated carbocycles. The molecule has 0 unspecified atom stereocenters. The fraction of sp³-hybridized carbons (Fsp3) is 0.462. The third kappa shape index (κ3) is 2.90. The van der Waals surface area contributed by atoms with Gasteiger partial charge >= 0.3 is 0 Å². The van der Waals surface area contributed by atoms with Crippen LogP contribution < -0.4 is 0 Å². The summed E-state index contributed by atoms with van der Waals surface area (Å²) in [4.78, 5) is 14.0. The highest BCUT2D eigenvalue weighted by atomic mass is 32.2. The van der Waals surface area contributed by atoms with Crippen LogP contribution in [0.4, 0.5) is 0 Å². The van der Waals surface area contributed by atoms with Gasteiger partial charge in [0.15, 0.2) is 9.84 Å². The molecule has 0 heterocycles. The van der Waals surface area contributed by atoms with Gasteiger partial charge in [0.2, 0.25) is 0 Å². The molecule has 0 aromatic heterocycles. The summed E-state index contributed by atoms with van der Waals surface area (Å²) in [6.07, 6.45) is 3.44. The Morgan fingerprint density at radius 3 is 2.50 bits per heavy atom. The number of carbonyl (C=O) groups is 1. The van der Waals surface area contributed by atoms with Crippen molar-refractivity contribution in [2.75, 3.05) is 19.8 Å². The molecule has 0 radical (unpaired) electrons. The van der Waals surface area contributed by atoms with E-state index in [1.165, 1.54) is 6.07 Å². The maximum absolute atomic E-state index is 12.2. The molecule has 98 valence electrons. The summed E-state index contributed by atoms with van der Waals surface area (Å²) < 4.78 is 23.3. The number of carbonyl (C=O) groups excluding carboxylic acids is 1. The third-order valence-corrected chi connectivity index (χ3v) is 4.25. The summed E-state index contributed by atoms with van der Waals surface area (Å²) >= 11 is 0. The number of benzene rings is 1. The highest BCUT2D eigenvalue weighted by molar-refractivity contribution is 7.90. The van der Waals surface area contributed by atoms with Crippen LogP contribution in [0.3, 0.4) is 0 Å². The van der Waals surface area contributed by atoms with Crippen LogP contribution in [0.5, 0.6) is 0 Å². The monoisotopic (exact) mass is 267 g/mol. The SMILES string of the molecule is CN(CC1CC1)C(=O)c1ccccc1S(C)(=O)=O. The van der Waals surface area contributed by atoms with E-state index in [0.29, 0.717) is 12.5 Å². The topological polar surface area (TPSA) is 54.5 Å². The Hall–Kier alpha value is -1.36. The molecule has 0 N–H and O–H groups in total. The van der Waals surface area contributed by atoms with Crippen molar-refractivity contribution in [2.24, 2.45) is 5.92 Å². The van der Waals surface area contributed by atoms with Crippen molar-refractivity contribution in [2.45, 2.75) is 17.7 Å². The van der Waals surface area contributed by atoms with Crippen molar-refractivity contribution in [1.82, 2.24) is 4.90 Å². The maximum atomic E-state index is 12.2. The Kier molecular flexibility index (Phi) is 3.43. The molecule has 2 rings (SSSR count). The van der Waals surface area contributed by atoms with E-state index in [9.17, 15) is 13.2 Å². The largest absolute Gasteiger partial charge is 0.341 e. The van der Waals surface area contributed by atoms with Crippen molar-refractivity contribution in [3.8, 4) is 0 Å². The molecule has 18 heavy (non-hydrogen) atoms. The van der Waals surface area contributed by atoms with Crippen LogP contribution in [0.15, 0.2) is 29.2 Å². The number of amides is 1. The zero-order valence-electron chi connectivity index (χ0n) is 10.6. The van der Waals surface area contributed by atoms with Gasteiger partial charge in [-0.2, -0.15) is 0 Å². The lowest BCUT2D eigenvalue weighted by Gasteiger charge is -2.18. The van der Waals surface area contributed by atoms with E-state index < -0.39 is 9.84 Å². The van der Waals surface area contributed by atoms with E-state index in [1.54, 1.807) is 30.1 Å². The Labute approximate surface area is 108 Å². The zero-order valence-corrected chi connectivity index (χ0v) is 11.4. The second kappa shape index (κ2) is 4.72. The lowest BCUT2D eigenvalue weighted by Crippen LogP contribution is -2.29. The van der Waals surface area contributed by atoms with Crippen LogP contribution in [0, 0.1) is 5.92 Å². The van der Waals surface area contributed by atoms with Gasteiger partial charge in [-0.3, -0.25) is 4.79 Å². The quantitative estimate of drug-likeness (QED) is 0.832. The number of hydrogen-bond acceptors (Lipinski definition) is 3. The minimum Gasteiger partial charge on any atom is -0.341 e. The number of nitrogens with zero attached hydrogens (tertiary/aromatic N) is 1. The molecule has 4 nitrogen and oxygen atoms in total. The Bertz CT molecular complexity index is 561. The first kappa shape index (κ1) is 13.1. The molecule has 0 bridgehead atoms.